The molecule has 2 fully saturated rings. The minimum absolute atomic E-state index is 0. The molecule has 2 saturated heterocycles. The number of carbonyl (C=O) groups excluding carboxylic acids is 2. The molecule has 21 heavy (non-hydrogen) atoms. The minimum atomic E-state index is -0.0620. The van der Waals surface area contributed by atoms with Crippen molar-refractivity contribution in [1.29, 1.82) is 0 Å². The zero-order chi connectivity index (χ0) is 14.4. The fourth-order valence-corrected chi connectivity index (χ4v) is 2.93. The molecule has 122 valence electrons. The maximum Gasteiger partial charge on any atom is 0.320 e. The van der Waals surface area contributed by atoms with Gasteiger partial charge in [-0.1, -0.05) is 0 Å². The highest BCUT2D eigenvalue weighted by Crippen LogP contribution is 2.19. The van der Waals surface area contributed by atoms with Gasteiger partial charge < -0.3 is 20.9 Å². The minimum Gasteiger partial charge on any atom is -0.356 e. The summed E-state index contributed by atoms with van der Waals surface area (Å²) in [7, 11) is 0. The average molecular weight is 319 g/mol. The summed E-state index contributed by atoms with van der Waals surface area (Å²) in [5, 5.41) is 2.91. The van der Waals surface area contributed by atoms with Gasteiger partial charge in [0.25, 0.3) is 0 Å². The molecule has 2 aliphatic heterocycles. The highest BCUT2D eigenvalue weighted by atomic mass is 35.5. The normalized spacial score (nSPS) is 21.9. The lowest BCUT2D eigenvalue weighted by Crippen LogP contribution is -2.49. The van der Waals surface area contributed by atoms with Crippen LogP contribution in [0.2, 0.25) is 0 Å². The predicted molar refractivity (Wildman–Crippen MR) is 84.4 cm³/mol. The maximum atomic E-state index is 12.3. The second kappa shape index (κ2) is 9.10. The highest BCUT2D eigenvalue weighted by molar-refractivity contribution is 5.85. The number of piperidine rings is 1. The fourth-order valence-electron chi connectivity index (χ4n) is 2.93. The summed E-state index contributed by atoms with van der Waals surface area (Å²) in [4.78, 5) is 28.2. The quantitative estimate of drug-likeness (QED) is 0.753. The van der Waals surface area contributed by atoms with E-state index >= 15 is 0 Å². The summed E-state index contributed by atoms with van der Waals surface area (Å²) < 4.78 is 0. The summed E-state index contributed by atoms with van der Waals surface area (Å²) >= 11 is 0. The van der Waals surface area contributed by atoms with Gasteiger partial charge in [0.15, 0.2) is 0 Å². The Morgan fingerprint density at radius 3 is 2.43 bits per heavy atom. The number of nitrogens with one attached hydrogen (secondary N) is 1. The van der Waals surface area contributed by atoms with E-state index in [2.05, 4.69) is 5.32 Å². The molecule has 0 aliphatic carbocycles. The molecule has 1 unspecified atom stereocenters. The van der Waals surface area contributed by atoms with Crippen LogP contribution in [0.4, 0.5) is 4.79 Å². The SMILES string of the molecule is Cl.NCCCNC(=O)C1CCCN(C(=O)N2CCCC2)C1. The number of likely N-dealkylation sites (tertiary alicyclic amines) is 2. The molecule has 3 N–H and O–H groups in total. The van der Waals surface area contributed by atoms with Gasteiger partial charge in [0.2, 0.25) is 5.91 Å². The van der Waals surface area contributed by atoms with Crippen LogP contribution >= 0.6 is 12.4 Å². The van der Waals surface area contributed by atoms with Gasteiger partial charge in [-0.3, -0.25) is 4.79 Å². The van der Waals surface area contributed by atoms with Crippen LogP contribution in [0.1, 0.15) is 32.1 Å². The lowest BCUT2D eigenvalue weighted by molar-refractivity contribution is -0.126. The molecule has 0 spiro atoms. The molecule has 7 heteroatoms. The van der Waals surface area contributed by atoms with Crippen LogP contribution in [0, 0.1) is 5.92 Å². The van der Waals surface area contributed by atoms with Crippen molar-refractivity contribution in [2.45, 2.75) is 32.1 Å². The van der Waals surface area contributed by atoms with Crippen molar-refractivity contribution in [3.8, 4) is 0 Å². The van der Waals surface area contributed by atoms with Gasteiger partial charge in [0.05, 0.1) is 5.92 Å². The van der Waals surface area contributed by atoms with Gasteiger partial charge in [0.1, 0.15) is 0 Å². The molecule has 0 aromatic rings. The Bertz CT molecular complexity index is 348. The standard InChI is InChI=1S/C14H26N4O2.ClH/c15-6-4-7-16-13(19)12-5-3-10-18(11-12)14(20)17-8-1-2-9-17;/h12H,1-11,15H2,(H,16,19);1H. The molecule has 2 heterocycles. The van der Waals surface area contributed by atoms with Gasteiger partial charge in [-0.15, -0.1) is 12.4 Å². The highest BCUT2D eigenvalue weighted by Gasteiger charge is 2.31. The van der Waals surface area contributed by atoms with Crippen molar-refractivity contribution in [3.63, 3.8) is 0 Å². The van der Waals surface area contributed by atoms with Gasteiger partial charge in [0, 0.05) is 32.7 Å². The predicted octanol–water partition coefficient (Wildman–Crippen LogP) is 0.801. The van der Waals surface area contributed by atoms with E-state index in [0.29, 0.717) is 19.6 Å². The molecule has 0 aromatic heterocycles. The molecule has 2 rings (SSSR count). The van der Waals surface area contributed by atoms with E-state index in [9.17, 15) is 9.59 Å². The number of rotatable bonds is 4. The third-order valence-electron chi connectivity index (χ3n) is 4.12. The molecule has 3 amide bonds. The number of carbonyl (C=O) groups is 2. The zero-order valence-corrected chi connectivity index (χ0v) is 13.4. The van der Waals surface area contributed by atoms with Crippen LogP contribution in [-0.2, 0) is 4.79 Å². The third-order valence-corrected chi connectivity index (χ3v) is 4.12. The lowest BCUT2D eigenvalue weighted by atomic mass is 9.97. The van der Waals surface area contributed by atoms with E-state index in [-0.39, 0.29) is 30.3 Å². The first-order valence-corrected chi connectivity index (χ1v) is 7.74. The van der Waals surface area contributed by atoms with Crippen LogP contribution in [0.25, 0.3) is 0 Å². The maximum absolute atomic E-state index is 12.3. The topological polar surface area (TPSA) is 78.7 Å². The number of nitrogens with zero attached hydrogens (tertiary/aromatic N) is 2. The van der Waals surface area contributed by atoms with Gasteiger partial charge in [-0.25, -0.2) is 4.79 Å². The number of halogens is 1. The van der Waals surface area contributed by atoms with E-state index < -0.39 is 0 Å². The summed E-state index contributed by atoms with van der Waals surface area (Å²) in [6.45, 7) is 4.29. The molecule has 0 saturated carbocycles. The zero-order valence-electron chi connectivity index (χ0n) is 12.6. The van der Waals surface area contributed by atoms with Crippen molar-refractivity contribution in [2.75, 3.05) is 39.3 Å². The largest absolute Gasteiger partial charge is 0.356 e. The molecule has 0 aromatic carbocycles. The second-order valence-electron chi connectivity index (χ2n) is 5.70. The van der Waals surface area contributed by atoms with Crippen LogP contribution in [-0.4, -0.2) is 61.0 Å². The smallest absolute Gasteiger partial charge is 0.320 e. The molecular formula is C14H27ClN4O2. The van der Waals surface area contributed by atoms with Crippen molar-refractivity contribution >= 4 is 24.3 Å². The van der Waals surface area contributed by atoms with E-state index in [1.165, 1.54) is 0 Å². The number of amides is 3. The van der Waals surface area contributed by atoms with Crippen LogP contribution in [0.3, 0.4) is 0 Å². The average Bonchev–Trinajstić information content (AvgIpc) is 3.01. The Labute approximate surface area is 132 Å². The molecular weight excluding hydrogens is 292 g/mol. The Balaban J connectivity index is 0.00000220. The van der Waals surface area contributed by atoms with Gasteiger partial charge in [-0.05, 0) is 38.6 Å². The second-order valence-corrected chi connectivity index (χ2v) is 5.70. The lowest BCUT2D eigenvalue weighted by Gasteiger charge is -2.34. The molecule has 2 aliphatic rings. The molecule has 0 radical (unpaired) electrons. The summed E-state index contributed by atoms with van der Waals surface area (Å²) in [6.07, 6.45) is 4.78. The van der Waals surface area contributed by atoms with Crippen molar-refractivity contribution < 1.29 is 9.59 Å². The Morgan fingerprint density at radius 1 is 1.10 bits per heavy atom. The number of hydrogen-bond donors (Lipinski definition) is 2. The van der Waals surface area contributed by atoms with Crippen LogP contribution in [0.15, 0.2) is 0 Å². The number of urea groups is 1. The van der Waals surface area contributed by atoms with Crippen molar-refractivity contribution in [1.82, 2.24) is 15.1 Å². The molecule has 0 bridgehead atoms. The molecule has 6 nitrogen and oxygen atoms in total. The Kier molecular flexibility index (Phi) is 7.82. The Hall–Kier alpha value is -1.01. The van der Waals surface area contributed by atoms with Crippen LogP contribution < -0.4 is 11.1 Å². The fraction of sp³-hybridized carbons (Fsp3) is 0.857. The summed E-state index contributed by atoms with van der Waals surface area (Å²) in [6, 6.07) is 0.113. The monoisotopic (exact) mass is 318 g/mol. The van der Waals surface area contributed by atoms with E-state index in [4.69, 9.17) is 5.73 Å². The summed E-state index contributed by atoms with van der Waals surface area (Å²) in [5.74, 6) is 0.00505. The van der Waals surface area contributed by atoms with Gasteiger partial charge in [-0.2, -0.15) is 0 Å². The Morgan fingerprint density at radius 2 is 1.76 bits per heavy atom. The molecule has 1 atom stereocenters. The summed E-state index contributed by atoms with van der Waals surface area (Å²) in [5.41, 5.74) is 5.42. The van der Waals surface area contributed by atoms with E-state index in [1.54, 1.807) is 0 Å². The van der Waals surface area contributed by atoms with Crippen molar-refractivity contribution in [2.24, 2.45) is 11.7 Å². The first kappa shape index (κ1) is 18.0. The number of nitrogens with two attached hydrogens (primary N) is 1. The first-order chi connectivity index (χ1) is 9.72. The van der Waals surface area contributed by atoms with E-state index in [0.717, 1.165) is 51.7 Å². The van der Waals surface area contributed by atoms with Crippen LogP contribution in [0.5, 0.6) is 0 Å². The van der Waals surface area contributed by atoms with Gasteiger partial charge >= 0.3 is 6.03 Å². The van der Waals surface area contributed by atoms with Crippen molar-refractivity contribution in [3.05, 3.63) is 0 Å². The first-order valence-electron chi connectivity index (χ1n) is 7.74. The van der Waals surface area contributed by atoms with E-state index in [1.807, 2.05) is 9.80 Å². The number of hydrogen-bond acceptors (Lipinski definition) is 3. The third kappa shape index (κ3) is 5.04.